The number of amides is 1. The molecule has 0 aromatic heterocycles. The molecule has 1 aromatic carbocycles. The Morgan fingerprint density at radius 1 is 1.16 bits per heavy atom. The van der Waals surface area contributed by atoms with Crippen LogP contribution in [0.4, 0.5) is 0 Å². The summed E-state index contributed by atoms with van der Waals surface area (Å²) < 4.78 is 16.3. The Morgan fingerprint density at radius 3 is 2.44 bits per heavy atom. The van der Waals surface area contributed by atoms with Crippen LogP contribution in [0.2, 0.25) is 0 Å². The molecular weight excluding hydrogens is 410 g/mol. The van der Waals surface area contributed by atoms with E-state index in [1.807, 2.05) is 31.0 Å². The highest BCUT2D eigenvalue weighted by Crippen LogP contribution is 2.30. The largest absolute Gasteiger partial charge is 0.493 e. The van der Waals surface area contributed by atoms with Crippen molar-refractivity contribution in [1.29, 1.82) is 0 Å². The number of hydrogen-bond acceptors (Lipinski definition) is 6. The number of rotatable bonds is 10. The monoisotopic (exact) mass is 449 g/mol. The summed E-state index contributed by atoms with van der Waals surface area (Å²) in [6.45, 7) is 8.15. The Bertz CT molecular complexity index is 763. The van der Waals surface area contributed by atoms with Gasteiger partial charge in [-0.3, -0.25) is 9.69 Å². The van der Waals surface area contributed by atoms with Crippen LogP contribution in [0.1, 0.15) is 17.5 Å². The smallest absolute Gasteiger partial charge is 0.243 e. The summed E-state index contributed by atoms with van der Waals surface area (Å²) in [6.07, 6.45) is 0.990. The number of nitrogens with zero attached hydrogens (tertiary/aromatic N) is 4. The van der Waals surface area contributed by atoms with Gasteiger partial charge in [-0.05, 0) is 43.1 Å². The van der Waals surface area contributed by atoms with Crippen molar-refractivity contribution in [3.05, 3.63) is 23.3 Å². The summed E-state index contributed by atoms with van der Waals surface area (Å²) in [4.78, 5) is 22.7. The maximum absolute atomic E-state index is 12.1. The Kier molecular flexibility index (Phi) is 10.6. The van der Waals surface area contributed by atoms with Crippen LogP contribution in [-0.2, 0) is 16.1 Å². The van der Waals surface area contributed by atoms with Gasteiger partial charge in [-0.15, -0.1) is 0 Å². The van der Waals surface area contributed by atoms with E-state index in [0.717, 1.165) is 56.9 Å². The third kappa shape index (κ3) is 7.87. The maximum atomic E-state index is 12.1. The Morgan fingerprint density at radius 2 is 1.81 bits per heavy atom. The van der Waals surface area contributed by atoms with Gasteiger partial charge in [0.15, 0.2) is 17.5 Å². The number of guanidine groups is 1. The Labute approximate surface area is 192 Å². The fraction of sp³-hybridized carbons (Fsp3) is 0.652. The molecule has 9 nitrogen and oxygen atoms in total. The molecule has 1 aliphatic heterocycles. The van der Waals surface area contributed by atoms with Crippen LogP contribution in [0.3, 0.4) is 0 Å². The van der Waals surface area contributed by atoms with Gasteiger partial charge in [-0.25, -0.2) is 4.99 Å². The van der Waals surface area contributed by atoms with E-state index in [-0.39, 0.29) is 12.5 Å². The van der Waals surface area contributed by atoms with E-state index in [2.05, 4.69) is 15.2 Å². The summed E-state index contributed by atoms with van der Waals surface area (Å²) >= 11 is 0. The molecule has 180 valence electrons. The van der Waals surface area contributed by atoms with Crippen LogP contribution in [0.25, 0.3) is 0 Å². The average Bonchev–Trinajstić information content (AvgIpc) is 2.79. The van der Waals surface area contributed by atoms with E-state index >= 15 is 0 Å². The molecule has 0 radical (unpaired) electrons. The van der Waals surface area contributed by atoms with Gasteiger partial charge in [0.05, 0.1) is 27.4 Å². The minimum Gasteiger partial charge on any atom is -0.493 e. The zero-order valence-corrected chi connectivity index (χ0v) is 20.4. The van der Waals surface area contributed by atoms with Gasteiger partial charge in [0, 0.05) is 47.3 Å². The van der Waals surface area contributed by atoms with E-state index in [4.69, 9.17) is 14.2 Å². The fourth-order valence-electron chi connectivity index (χ4n) is 3.45. The van der Waals surface area contributed by atoms with E-state index in [0.29, 0.717) is 24.0 Å². The first-order chi connectivity index (χ1) is 15.3. The van der Waals surface area contributed by atoms with Crippen molar-refractivity contribution in [3.63, 3.8) is 0 Å². The molecular formula is C23H39N5O4. The number of hydrogen-bond donors (Lipinski definition) is 1. The molecule has 1 heterocycles. The topological polar surface area (TPSA) is 78.9 Å². The predicted molar refractivity (Wildman–Crippen MR) is 127 cm³/mol. The molecule has 1 saturated heterocycles. The number of methoxy groups -OCH3 is 2. The van der Waals surface area contributed by atoms with Crippen molar-refractivity contribution >= 4 is 11.9 Å². The molecule has 1 fully saturated rings. The quantitative estimate of drug-likeness (QED) is 0.327. The van der Waals surface area contributed by atoms with Crippen LogP contribution in [0.5, 0.6) is 11.5 Å². The summed E-state index contributed by atoms with van der Waals surface area (Å²) in [5.41, 5.74) is 2.21. The van der Waals surface area contributed by atoms with E-state index in [1.165, 1.54) is 0 Å². The molecule has 0 aliphatic carbocycles. The SMILES string of the molecule is COc1cc(C)c(CN(C)C(=NCC(=O)N(C)C)NCCCN2CCOCC2)cc1OC. The number of benzene rings is 1. The number of morpholine rings is 1. The average molecular weight is 450 g/mol. The molecule has 32 heavy (non-hydrogen) atoms. The van der Waals surface area contributed by atoms with Crippen molar-refractivity contribution in [2.75, 3.05) is 81.3 Å². The number of carbonyl (C=O) groups excluding carboxylic acids is 1. The number of carbonyl (C=O) groups is 1. The van der Waals surface area contributed by atoms with Crippen LogP contribution < -0.4 is 14.8 Å². The number of ether oxygens (including phenoxy) is 3. The van der Waals surface area contributed by atoms with Crippen molar-refractivity contribution < 1.29 is 19.0 Å². The highest BCUT2D eigenvalue weighted by molar-refractivity contribution is 5.84. The van der Waals surface area contributed by atoms with Crippen LogP contribution in [-0.4, -0.2) is 108 Å². The van der Waals surface area contributed by atoms with Gasteiger partial charge in [-0.1, -0.05) is 0 Å². The Balaban J connectivity index is 2.04. The minimum atomic E-state index is -0.0340. The van der Waals surface area contributed by atoms with Gasteiger partial charge in [0.1, 0.15) is 6.54 Å². The van der Waals surface area contributed by atoms with Crippen molar-refractivity contribution in [3.8, 4) is 11.5 Å². The minimum absolute atomic E-state index is 0.0340. The van der Waals surface area contributed by atoms with Gasteiger partial charge in [-0.2, -0.15) is 0 Å². The second kappa shape index (κ2) is 13.1. The fourth-order valence-corrected chi connectivity index (χ4v) is 3.45. The van der Waals surface area contributed by atoms with Crippen LogP contribution in [0, 0.1) is 6.92 Å². The molecule has 9 heteroatoms. The maximum Gasteiger partial charge on any atom is 0.243 e. The first-order valence-electron chi connectivity index (χ1n) is 11.1. The molecule has 0 saturated carbocycles. The van der Waals surface area contributed by atoms with Crippen LogP contribution >= 0.6 is 0 Å². The molecule has 0 bridgehead atoms. The molecule has 1 N–H and O–H groups in total. The van der Waals surface area contributed by atoms with E-state index in [9.17, 15) is 4.79 Å². The van der Waals surface area contributed by atoms with Gasteiger partial charge in [0.25, 0.3) is 0 Å². The standard InChI is InChI=1S/C23H39N5O4/c1-18-14-20(30-5)21(31-6)15-19(18)17-27(4)23(25-16-22(29)26(2)3)24-8-7-9-28-10-12-32-13-11-28/h14-15H,7-13,16-17H2,1-6H3,(H,24,25). The molecule has 0 atom stereocenters. The normalized spacial score (nSPS) is 14.8. The second-order valence-corrected chi connectivity index (χ2v) is 8.15. The molecule has 2 rings (SSSR count). The third-order valence-electron chi connectivity index (χ3n) is 5.51. The zero-order valence-electron chi connectivity index (χ0n) is 20.4. The number of likely N-dealkylation sites (N-methyl/N-ethyl adjacent to an activating group) is 1. The lowest BCUT2D eigenvalue weighted by Gasteiger charge is -2.27. The molecule has 1 amide bonds. The first kappa shape index (κ1) is 25.7. The van der Waals surface area contributed by atoms with Gasteiger partial charge in [0.2, 0.25) is 5.91 Å². The lowest BCUT2D eigenvalue weighted by atomic mass is 10.1. The zero-order chi connectivity index (χ0) is 23.5. The van der Waals surface area contributed by atoms with Crippen molar-refractivity contribution in [2.45, 2.75) is 19.9 Å². The second-order valence-electron chi connectivity index (χ2n) is 8.15. The van der Waals surface area contributed by atoms with Crippen molar-refractivity contribution in [1.82, 2.24) is 20.0 Å². The number of nitrogens with one attached hydrogen (secondary N) is 1. The van der Waals surface area contributed by atoms with Crippen molar-refractivity contribution in [2.24, 2.45) is 4.99 Å². The summed E-state index contributed by atoms with van der Waals surface area (Å²) in [5.74, 6) is 2.08. The first-order valence-corrected chi connectivity index (χ1v) is 11.1. The summed E-state index contributed by atoms with van der Waals surface area (Å²) in [6, 6.07) is 3.97. The molecule has 0 unspecified atom stereocenters. The highest BCUT2D eigenvalue weighted by atomic mass is 16.5. The van der Waals surface area contributed by atoms with Crippen LogP contribution in [0.15, 0.2) is 17.1 Å². The van der Waals surface area contributed by atoms with Gasteiger partial charge >= 0.3 is 0 Å². The van der Waals surface area contributed by atoms with Gasteiger partial charge < -0.3 is 29.3 Å². The lowest BCUT2D eigenvalue weighted by molar-refractivity contribution is -0.127. The summed E-state index contributed by atoms with van der Waals surface area (Å²) in [5, 5.41) is 3.44. The molecule has 1 aromatic rings. The predicted octanol–water partition coefficient (Wildman–Crippen LogP) is 1.20. The summed E-state index contributed by atoms with van der Waals surface area (Å²) in [7, 11) is 8.73. The van der Waals surface area contributed by atoms with E-state index < -0.39 is 0 Å². The van der Waals surface area contributed by atoms with E-state index in [1.54, 1.807) is 33.2 Å². The molecule has 1 aliphatic rings. The highest BCUT2D eigenvalue weighted by Gasteiger charge is 2.14. The number of aryl methyl sites for hydroxylation is 1. The lowest BCUT2D eigenvalue weighted by Crippen LogP contribution is -2.42. The Hall–Kier alpha value is -2.52. The third-order valence-corrected chi connectivity index (χ3v) is 5.51. The molecule has 0 spiro atoms. The number of aliphatic imine (C=N–C) groups is 1.